The Balaban J connectivity index is 1.76. The Kier molecular flexibility index (Phi) is 7.02. The normalized spacial score (nSPS) is 30.3. The lowest BCUT2D eigenvalue weighted by molar-refractivity contribution is -0.145. The number of piperidine rings is 2. The minimum atomic E-state index is -0.828. The molecule has 0 aromatic carbocycles. The summed E-state index contributed by atoms with van der Waals surface area (Å²) in [5.74, 6) is -1.21. The second kappa shape index (κ2) is 9.11. The Morgan fingerprint density at radius 2 is 1.83 bits per heavy atom. The minimum absolute atomic E-state index is 0.0116. The van der Waals surface area contributed by atoms with E-state index >= 15 is 0 Å². The number of nitrogens with one attached hydrogen (secondary N) is 3. The maximum Gasteiger partial charge on any atom is 0.246 e. The highest BCUT2D eigenvalue weighted by Crippen LogP contribution is 2.65. The number of hydrogen-bond donors (Lipinski definition) is 3. The molecule has 3 fully saturated rings. The molecule has 4 amide bonds. The Labute approximate surface area is 208 Å². The number of nitriles is 1. The molecule has 6 atom stereocenters. The molecule has 0 aromatic heterocycles. The molecule has 0 bridgehead atoms. The predicted molar refractivity (Wildman–Crippen MR) is 130 cm³/mol. The van der Waals surface area contributed by atoms with Gasteiger partial charge in [-0.05, 0) is 55.8 Å². The van der Waals surface area contributed by atoms with Crippen molar-refractivity contribution in [3.8, 4) is 6.07 Å². The molecule has 194 valence electrons. The van der Waals surface area contributed by atoms with E-state index in [9.17, 15) is 24.4 Å². The van der Waals surface area contributed by atoms with Gasteiger partial charge in [-0.3, -0.25) is 19.2 Å². The van der Waals surface area contributed by atoms with E-state index in [2.05, 4.69) is 35.9 Å². The molecule has 3 aliphatic rings. The molecule has 0 aromatic rings. The number of amides is 4. The van der Waals surface area contributed by atoms with Crippen molar-refractivity contribution in [3.63, 3.8) is 0 Å². The zero-order valence-corrected chi connectivity index (χ0v) is 22.3. The fourth-order valence-electron chi connectivity index (χ4n) is 5.91. The van der Waals surface area contributed by atoms with Crippen LogP contribution >= 0.6 is 0 Å². The monoisotopic (exact) mass is 487 g/mol. The van der Waals surface area contributed by atoms with Gasteiger partial charge in [0.25, 0.3) is 0 Å². The third-order valence-electron chi connectivity index (χ3n) is 8.16. The highest BCUT2D eigenvalue weighted by Gasteiger charge is 2.69. The molecule has 2 saturated heterocycles. The minimum Gasteiger partial charge on any atom is -0.351 e. The molecule has 2 heterocycles. The third kappa shape index (κ3) is 5.46. The van der Waals surface area contributed by atoms with Crippen LogP contribution in [0.4, 0.5) is 0 Å². The van der Waals surface area contributed by atoms with E-state index in [0.29, 0.717) is 13.0 Å². The van der Waals surface area contributed by atoms with Crippen molar-refractivity contribution in [1.82, 2.24) is 20.9 Å². The number of likely N-dealkylation sites (tertiary alicyclic amines) is 1. The second-order valence-electron chi connectivity index (χ2n) is 12.9. The molecule has 35 heavy (non-hydrogen) atoms. The number of fused-ring (bicyclic) bond motifs is 1. The molecule has 1 saturated carbocycles. The first-order valence-corrected chi connectivity index (χ1v) is 12.6. The van der Waals surface area contributed by atoms with E-state index in [-0.39, 0.29) is 58.8 Å². The molecule has 0 unspecified atom stereocenters. The maximum absolute atomic E-state index is 13.6. The van der Waals surface area contributed by atoms with E-state index in [1.165, 1.54) is 6.92 Å². The van der Waals surface area contributed by atoms with E-state index < -0.39 is 23.5 Å². The Morgan fingerprint density at radius 1 is 1.20 bits per heavy atom. The van der Waals surface area contributed by atoms with Crippen LogP contribution in [-0.4, -0.2) is 58.7 Å². The van der Waals surface area contributed by atoms with E-state index in [1.54, 1.807) is 4.90 Å². The van der Waals surface area contributed by atoms with Gasteiger partial charge < -0.3 is 20.9 Å². The molecule has 9 heteroatoms. The van der Waals surface area contributed by atoms with Gasteiger partial charge in [-0.25, -0.2) is 0 Å². The standard InChI is InChI=1S/C26H41N5O4/c1-14(32)28-20(24(2,3)4)23(35)31-13-17-18(26(17,7)8)19(31)22(34)29-16(12-27)11-15-9-10-25(5,6)30-21(15)33/h15-20H,9-11,13H2,1-8H3,(H,28,32)(H,29,34)(H,30,33)/t15-,16-,17-,18-,19-,20+/m0/s1. The average Bonchev–Trinajstić information content (AvgIpc) is 3.07. The van der Waals surface area contributed by atoms with Crippen molar-refractivity contribution in [2.24, 2.45) is 28.6 Å². The van der Waals surface area contributed by atoms with Crippen LogP contribution in [-0.2, 0) is 19.2 Å². The summed E-state index contributed by atoms with van der Waals surface area (Å²) in [6.45, 7) is 15.6. The number of carbonyl (C=O) groups is 4. The highest BCUT2D eigenvalue weighted by molar-refractivity contribution is 5.94. The zero-order valence-electron chi connectivity index (χ0n) is 22.3. The van der Waals surface area contributed by atoms with Gasteiger partial charge >= 0.3 is 0 Å². The lowest BCUT2D eigenvalue weighted by atomic mass is 9.83. The molecule has 3 rings (SSSR count). The lowest BCUT2D eigenvalue weighted by Crippen LogP contribution is -2.59. The summed E-state index contributed by atoms with van der Waals surface area (Å²) >= 11 is 0. The van der Waals surface area contributed by atoms with Crippen LogP contribution in [0.2, 0.25) is 0 Å². The first-order chi connectivity index (χ1) is 16.0. The summed E-state index contributed by atoms with van der Waals surface area (Å²) in [7, 11) is 0. The van der Waals surface area contributed by atoms with Gasteiger partial charge in [0.2, 0.25) is 23.6 Å². The van der Waals surface area contributed by atoms with Gasteiger partial charge in [0.05, 0.1) is 6.07 Å². The average molecular weight is 488 g/mol. The summed E-state index contributed by atoms with van der Waals surface area (Å²) < 4.78 is 0. The molecule has 3 N–H and O–H groups in total. The first kappa shape index (κ1) is 27.0. The maximum atomic E-state index is 13.6. The van der Waals surface area contributed by atoms with Gasteiger partial charge in [-0.15, -0.1) is 0 Å². The largest absolute Gasteiger partial charge is 0.351 e. The second-order valence-corrected chi connectivity index (χ2v) is 12.9. The Morgan fingerprint density at radius 3 is 2.34 bits per heavy atom. The van der Waals surface area contributed by atoms with Crippen LogP contribution in [0.1, 0.15) is 74.7 Å². The fraction of sp³-hybridized carbons (Fsp3) is 0.808. The third-order valence-corrected chi connectivity index (χ3v) is 8.16. The molecule has 0 spiro atoms. The number of hydrogen-bond acceptors (Lipinski definition) is 5. The van der Waals surface area contributed by atoms with Crippen molar-refractivity contribution >= 4 is 23.6 Å². The van der Waals surface area contributed by atoms with Gasteiger partial charge in [0, 0.05) is 24.9 Å². The summed E-state index contributed by atoms with van der Waals surface area (Å²) in [6.07, 6.45) is 1.69. The molecule has 9 nitrogen and oxygen atoms in total. The Bertz CT molecular complexity index is 944. The molecule has 1 aliphatic carbocycles. The first-order valence-electron chi connectivity index (χ1n) is 12.6. The van der Waals surface area contributed by atoms with Crippen molar-refractivity contribution in [2.45, 2.75) is 98.3 Å². The van der Waals surface area contributed by atoms with Crippen LogP contribution < -0.4 is 16.0 Å². The summed E-state index contributed by atoms with van der Waals surface area (Å²) in [6, 6.07) is -0.167. The van der Waals surface area contributed by atoms with Crippen LogP contribution in [0.25, 0.3) is 0 Å². The molecular weight excluding hydrogens is 446 g/mol. The van der Waals surface area contributed by atoms with Crippen molar-refractivity contribution in [3.05, 3.63) is 0 Å². The summed E-state index contributed by atoms with van der Waals surface area (Å²) in [5.41, 5.74) is -0.891. The molecule has 0 radical (unpaired) electrons. The van der Waals surface area contributed by atoms with E-state index in [0.717, 1.165) is 6.42 Å². The van der Waals surface area contributed by atoms with Crippen LogP contribution in [0, 0.1) is 39.9 Å². The van der Waals surface area contributed by atoms with Crippen molar-refractivity contribution in [1.29, 1.82) is 5.26 Å². The fourth-order valence-corrected chi connectivity index (χ4v) is 5.91. The SMILES string of the molecule is CC(=O)N[C@H](C(=O)N1C[C@H]2[C@@H]([C@H]1C(=O)N[C@H](C#N)C[C@@H]1CCC(C)(C)NC1=O)C2(C)C)C(C)(C)C. The van der Waals surface area contributed by atoms with Gasteiger partial charge in [-0.2, -0.15) is 5.26 Å². The van der Waals surface area contributed by atoms with E-state index in [1.807, 2.05) is 34.6 Å². The quantitative estimate of drug-likeness (QED) is 0.525. The number of carbonyl (C=O) groups excluding carboxylic acids is 4. The van der Waals surface area contributed by atoms with Crippen LogP contribution in [0.5, 0.6) is 0 Å². The highest BCUT2D eigenvalue weighted by atomic mass is 16.2. The smallest absolute Gasteiger partial charge is 0.246 e. The Hall–Kier alpha value is -2.63. The van der Waals surface area contributed by atoms with Gasteiger partial charge in [0.1, 0.15) is 18.1 Å². The zero-order chi connectivity index (χ0) is 26.5. The van der Waals surface area contributed by atoms with Crippen LogP contribution in [0.15, 0.2) is 0 Å². The van der Waals surface area contributed by atoms with Crippen LogP contribution in [0.3, 0.4) is 0 Å². The predicted octanol–water partition coefficient (Wildman–Crippen LogP) is 1.72. The van der Waals surface area contributed by atoms with Crippen molar-refractivity contribution in [2.75, 3.05) is 6.54 Å². The van der Waals surface area contributed by atoms with E-state index in [4.69, 9.17) is 0 Å². The molecular formula is C26H41N5O4. The summed E-state index contributed by atoms with van der Waals surface area (Å²) in [5, 5.41) is 18.3. The summed E-state index contributed by atoms with van der Waals surface area (Å²) in [4.78, 5) is 53.1. The number of rotatable bonds is 6. The van der Waals surface area contributed by atoms with Gasteiger partial charge in [0.15, 0.2) is 0 Å². The lowest BCUT2D eigenvalue weighted by Gasteiger charge is -2.38. The molecule has 2 aliphatic heterocycles. The number of nitrogens with zero attached hydrogens (tertiary/aromatic N) is 2. The van der Waals surface area contributed by atoms with Crippen molar-refractivity contribution < 1.29 is 19.2 Å². The van der Waals surface area contributed by atoms with Gasteiger partial charge in [-0.1, -0.05) is 34.6 Å². The topological polar surface area (TPSA) is 131 Å².